The molecule has 0 saturated carbocycles. The molecule has 3 aromatic carbocycles. The van der Waals surface area contributed by atoms with Gasteiger partial charge in [-0.25, -0.2) is 0 Å². The van der Waals surface area contributed by atoms with E-state index in [2.05, 4.69) is 44.2 Å². The van der Waals surface area contributed by atoms with Crippen molar-refractivity contribution in [1.82, 2.24) is 0 Å². The Bertz CT molecular complexity index is 922. The summed E-state index contributed by atoms with van der Waals surface area (Å²) in [5.74, 6) is 0.105. The van der Waals surface area contributed by atoms with Crippen molar-refractivity contribution < 1.29 is 0 Å². The fourth-order valence-electron chi connectivity index (χ4n) is 3.48. The van der Waals surface area contributed by atoms with E-state index < -0.39 is 0 Å². The average molecular weight is 345 g/mol. The van der Waals surface area contributed by atoms with Crippen LogP contribution in [0.1, 0.15) is 44.9 Å². The number of hydrogen-bond acceptors (Lipinski definition) is 3. The van der Waals surface area contributed by atoms with Gasteiger partial charge in [0.05, 0.1) is 0 Å². The van der Waals surface area contributed by atoms with Crippen LogP contribution in [-0.2, 0) is 0 Å². The second-order valence-electron chi connectivity index (χ2n) is 7.16. The summed E-state index contributed by atoms with van der Waals surface area (Å²) >= 11 is 0. The fraction of sp³-hybridized carbons (Fsp3) is 0.217. The molecular formula is C23H27N3. The first-order valence-electron chi connectivity index (χ1n) is 8.87. The summed E-state index contributed by atoms with van der Waals surface area (Å²) in [6.45, 7) is 8.31. The first kappa shape index (κ1) is 17.9. The Morgan fingerprint density at radius 3 is 1.50 bits per heavy atom. The second kappa shape index (κ2) is 6.75. The van der Waals surface area contributed by atoms with Crippen molar-refractivity contribution in [2.24, 2.45) is 0 Å². The molecule has 0 aliphatic carbocycles. The highest BCUT2D eigenvalue weighted by molar-refractivity contribution is 5.60. The van der Waals surface area contributed by atoms with E-state index in [4.69, 9.17) is 17.2 Å². The van der Waals surface area contributed by atoms with Crippen LogP contribution in [0, 0.1) is 27.7 Å². The predicted octanol–water partition coefficient (Wildman–Crippen LogP) is 4.85. The van der Waals surface area contributed by atoms with Gasteiger partial charge in [-0.3, -0.25) is 0 Å². The van der Waals surface area contributed by atoms with Crippen LogP contribution >= 0.6 is 0 Å². The molecule has 6 N–H and O–H groups in total. The van der Waals surface area contributed by atoms with Crippen molar-refractivity contribution in [3.63, 3.8) is 0 Å². The van der Waals surface area contributed by atoms with Gasteiger partial charge in [-0.05, 0) is 84.8 Å². The number of nitrogen functional groups attached to an aromatic ring is 3. The molecule has 0 aliphatic rings. The SMILES string of the molecule is Cc1cc(C(c2ccc(N)c(C)c2)c2ccc(N)c(C)c2C)ccc1N. The average Bonchev–Trinajstić information content (AvgIpc) is 2.61. The number of hydrogen-bond donors (Lipinski definition) is 3. The molecule has 0 aromatic heterocycles. The molecule has 0 spiro atoms. The van der Waals surface area contributed by atoms with Crippen molar-refractivity contribution >= 4 is 17.1 Å². The van der Waals surface area contributed by atoms with Crippen molar-refractivity contribution in [3.05, 3.63) is 87.5 Å². The predicted molar refractivity (Wildman–Crippen MR) is 112 cm³/mol. The molecule has 0 heterocycles. The van der Waals surface area contributed by atoms with Gasteiger partial charge in [-0.1, -0.05) is 30.3 Å². The number of rotatable bonds is 3. The Kier molecular flexibility index (Phi) is 4.64. The van der Waals surface area contributed by atoms with Crippen LogP contribution in [0.15, 0.2) is 48.5 Å². The minimum absolute atomic E-state index is 0.105. The lowest BCUT2D eigenvalue weighted by atomic mass is 9.81. The molecule has 0 bridgehead atoms. The molecule has 0 atom stereocenters. The molecule has 0 saturated heterocycles. The normalized spacial score (nSPS) is 11.1. The van der Waals surface area contributed by atoms with E-state index in [1.165, 1.54) is 22.3 Å². The van der Waals surface area contributed by atoms with Gasteiger partial charge in [-0.15, -0.1) is 0 Å². The lowest BCUT2D eigenvalue weighted by molar-refractivity contribution is 0.954. The van der Waals surface area contributed by atoms with Gasteiger partial charge >= 0.3 is 0 Å². The Morgan fingerprint density at radius 1 is 0.577 bits per heavy atom. The lowest BCUT2D eigenvalue weighted by Gasteiger charge is -2.24. The summed E-state index contributed by atoms with van der Waals surface area (Å²) < 4.78 is 0. The van der Waals surface area contributed by atoms with Crippen molar-refractivity contribution in [2.75, 3.05) is 17.2 Å². The number of anilines is 3. The minimum Gasteiger partial charge on any atom is -0.399 e. The van der Waals surface area contributed by atoms with E-state index in [-0.39, 0.29) is 5.92 Å². The zero-order valence-electron chi connectivity index (χ0n) is 15.9. The molecule has 26 heavy (non-hydrogen) atoms. The summed E-state index contributed by atoms with van der Waals surface area (Å²) in [5.41, 5.74) is 28.9. The van der Waals surface area contributed by atoms with Gasteiger partial charge in [0.25, 0.3) is 0 Å². The maximum atomic E-state index is 6.12. The Hall–Kier alpha value is -2.94. The number of aryl methyl sites for hydroxylation is 2. The third-order valence-electron chi connectivity index (χ3n) is 5.44. The third kappa shape index (κ3) is 3.13. The molecule has 0 fully saturated rings. The highest BCUT2D eigenvalue weighted by Crippen LogP contribution is 2.37. The van der Waals surface area contributed by atoms with Crippen LogP contribution in [0.5, 0.6) is 0 Å². The summed E-state index contributed by atoms with van der Waals surface area (Å²) in [5, 5.41) is 0. The van der Waals surface area contributed by atoms with Gasteiger partial charge in [0.15, 0.2) is 0 Å². The van der Waals surface area contributed by atoms with Crippen LogP contribution < -0.4 is 17.2 Å². The van der Waals surface area contributed by atoms with Crippen molar-refractivity contribution in [2.45, 2.75) is 33.6 Å². The quantitative estimate of drug-likeness (QED) is 0.469. The topological polar surface area (TPSA) is 78.1 Å². The highest BCUT2D eigenvalue weighted by Gasteiger charge is 2.21. The summed E-state index contributed by atoms with van der Waals surface area (Å²) in [6.07, 6.45) is 0. The largest absolute Gasteiger partial charge is 0.399 e. The number of nitrogens with two attached hydrogens (primary N) is 3. The van der Waals surface area contributed by atoms with Crippen LogP contribution in [-0.4, -0.2) is 0 Å². The molecular weight excluding hydrogens is 318 g/mol. The molecule has 134 valence electrons. The van der Waals surface area contributed by atoms with Gasteiger partial charge in [0.2, 0.25) is 0 Å². The zero-order chi connectivity index (χ0) is 19.0. The van der Waals surface area contributed by atoms with E-state index >= 15 is 0 Å². The van der Waals surface area contributed by atoms with E-state index in [0.29, 0.717) is 0 Å². The Balaban J connectivity index is 2.27. The maximum Gasteiger partial charge on any atom is 0.0346 e. The van der Waals surface area contributed by atoms with Crippen molar-refractivity contribution in [3.8, 4) is 0 Å². The minimum atomic E-state index is 0.105. The van der Waals surface area contributed by atoms with Crippen LogP contribution in [0.4, 0.5) is 17.1 Å². The molecule has 0 amide bonds. The molecule has 3 rings (SSSR count). The monoisotopic (exact) mass is 345 g/mol. The van der Waals surface area contributed by atoms with Crippen LogP contribution in [0.2, 0.25) is 0 Å². The first-order chi connectivity index (χ1) is 12.3. The van der Waals surface area contributed by atoms with E-state index in [1.54, 1.807) is 0 Å². The first-order valence-corrected chi connectivity index (χ1v) is 8.87. The van der Waals surface area contributed by atoms with Gasteiger partial charge < -0.3 is 17.2 Å². The fourth-order valence-corrected chi connectivity index (χ4v) is 3.48. The van der Waals surface area contributed by atoms with E-state index in [1.807, 2.05) is 32.0 Å². The summed E-state index contributed by atoms with van der Waals surface area (Å²) in [4.78, 5) is 0. The van der Waals surface area contributed by atoms with E-state index in [0.717, 1.165) is 33.8 Å². The molecule has 3 aromatic rings. The number of benzene rings is 3. The lowest BCUT2D eigenvalue weighted by Crippen LogP contribution is -2.09. The van der Waals surface area contributed by atoms with Crippen molar-refractivity contribution in [1.29, 1.82) is 0 Å². The molecule has 0 unspecified atom stereocenters. The molecule has 3 heteroatoms. The summed E-state index contributed by atoms with van der Waals surface area (Å²) in [6, 6.07) is 16.7. The third-order valence-corrected chi connectivity index (χ3v) is 5.44. The van der Waals surface area contributed by atoms with Gasteiger partial charge in [0, 0.05) is 23.0 Å². The Labute approximate surface area is 155 Å². The van der Waals surface area contributed by atoms with Gasteiger partial charge in [-0.2, -0.15) is 0 Å². The highest BCUT2D eigenvalue weighted by atomic mass is 14.6. The standard InChI is InChI=1S/C23H27N3/c1-13-11-17(5-8-20(13)24)23(18-6-9-21(25)14(2)12-18)19-7-10-22(26)16(4)15(19)3/h5-12,23H,24-26H2,1-4H3. The van der Waals surface area contributed by atoms with Crippen LogP contribution in [0.3, 0.4) is 0 Å². The molecule has 3 nitrogen and oxygen atoms in total. The summed E-state index contributed by atoms with van der Waals surface area (Å²) in [7, 11) is 0. The van der Waals surface area contributed by atoms with E-state index in [9.17, 15) is 0 Å². The molecule has 0 aliphatic heterocycles. The Morgan fingerprint density at radius 2 is 1.04 bits per heavy atom. The smallest absolute Gasteiger partial charge is 0.0346 e. The second-order valence-corrected chi connectivity index (χ2v) is 7.16. The van der Waals surface area contributed by atoms with Crippen LogP contribution in [0.25, 0.3) is 0 Å². The zero-order valence-corrected chi connectivity index (χ0v) is 15.9. The van der Waals surface area contributed by atoms with Gasteiger partial charge in [0.1, 0.15) is 0 Å². The maximum absolute atomic E-state index is 6.12. The molecule has 0 radical (unpaired) electrons.